The molecule has 3 aromatic carbocycles. The summed E-state index contributed by atoms with van der Waals surface area (Å²) in [5.74, 6) is -3.00. The molecule has 4 aromatic rings. The zero-order valence-corrected chi connectivity index (χ0v) is 25.1. The molecule has 1 heterocycles. The molecule has 2 amide bonds. The monoisotopic (exact) mass is 637 g/mol. The van der Waals surface area contributed by atoms with Crippen LogP contribution in [0.2, 0.25) is 10.0 Å². The van der Waals surface area contributed by atoms with Crippen LogP contribution in [0.5, 0.6) is 0 Å². The highest BCUT2D eigenvalue weighted by Crippen LogP contribution is 2.38. The summed E-state index contributed by atoms with van der Waals surface area (Å²) in [6, 6.07) is 21.7. The van der Waals surface area contributed by atoms with E-state index in [1.807, 2.05) is 47.9 Å². The van der Waals surface area contributed by atoms with Crippen LogP contribution in [0.15, 0.2) is 95.2 Å². The number of halogens is 2. The van der Waals surface area contributed by atoms with Gasteiger partial charge >= 0.3 is 5.97 Å². The van der Waals surface area contributed by atoms with E-state index in [1.54, 1.807) is 42.5 Å². The largest absolute Gasteiger partial charge is 0.481 e. The molecule has 1 aromatic heterocycles. The number of carboxylic acids is 1. The van der Waals surface area contributed by atoms with Crippen LogP contribution in [0.4, 0.5) is 10.8 Å². The first-order valence-electron chi connectivity index (χ1n) is 13.0. The van der Waals surface area contributed by atoms with E-state index in [4.69, 9.17) is 23.2 Å². The molecule has 1 aliphatic rings. The number of amides is 2. The maximum absolute atomic E-state index is 13.6. The van der Waals surface area contributed by atoms with E-state index < -0.39 is 23.1 Å². The van der Waals surface area contributed by atoms with Crippen molar-refractivity contribution in [3.63, 3.8) is 0 Å². The van der Waals surface area contributed by atoms with Crippen molar-refractivity contribution < 1.29 is 19.5 Å². The predicted molar refractivity (Wildman–Crippen MR) is 169 cm³/mol. The molecule has 0 saturated heterocycles. The molecule has 3 unspecified atom stereocenters. The molecule has 5 rings (SSSR count). The summed E-state index contributed by atoms with van der Waals surface area (Å²) in [7, 11) is 0. The summed E-state index contributed by atoms with van der Waals surface area (Å²) in [5, 5.41) is 18.0. The van der Waals surface area contributed by atoms with Crippen molar-refractivity contribution in [1.29, 1.82) is 0 Å². The number of nitrogens with one attached hydrogen (secondary N) is 2. The number of carboxylic acid groups (broad SMARTS) is 1. The van der Waals surface area contributed by atoms with Gasteiger partial charge in [-0.15, -0.1) is 23.1 Å². The minimum absolute atomic E-state index is 0.262. The summed E-state index contributed by atoms with van der Waals surface area (Å²) in [5.41, 5.74) is 2.66. The van der Waals surface area contributed by atoms with Gasteiger partial charge in [-0.3, -0.25) is 14.4 Å². The van der Waals surface area contributed by atoms with Crippen LogP contribution in [-0.4, -0.2) is 27.9 Å². The number of allylic oxidation sites excluding steroid dienone is 2. The fraction of sp³-hybridized carbons (Fsp3) is 0.161. The summed E-state index contributed by atoms with van der Waals surface area (Å²) in [6.45, 7) is 0. The maximum Gasteiger partial charge on any atom is 0.307 e. The molecule has 214 valence electrons. The van der Waals surface area contributed by atoms with Gasteiger partial charge in [0.25, 0.3) is 0 Å². The highest BCUT2D eigenvalue weighted by Gasteiger charge is 2.34. The fourth-order valence-electron chi connectivity index (χ4n) is 4.62. The second-order valence-electron chi connectivity index (χ2n) is 9.57. The predicted octanol–water partition coefficient (Wildman–Crippen LogP) is 8.19. The fourth-order valence-corrected chi connectivity index (χ4v) is 6.92. The topological polar surface area (TPSA) is 108 Å². The van der Waals surface area contributed by atoms with Gasteiger partial charge in [-0.2, -0.15) is 0 Å². The van der Waals surface area contributed by atoms with Crippen molar-refractivity contribution in [3.05, 3.63) is 106 Å². The van der Waals surface area contributed by atoms with Gasteiger partial charge in [-0.25, -0.2) is 4.98 Å². The van der Waals surface area contributed by atoms with Crippen LogP contribution >= 0.6 is 46.3 Å². The highest BCUT2D eigenvalue weighted by molar-refractivity contribution is 8.00. The van der Waals surface area contributed by atoms with Crippen LogP contribution in [0.25, 0.3) is 11.3 Å². The number of benzene rings is 3. The smallest absolute Gasteiger partial charge is 0.307 e. The highest BCUT2D eigenvalue weighted by atomic mass is 35.5. The third-order valence-electron chi connectivity index (χ3n) is 6.72. The molecule has 7 nitrogen and oxygen atoms in total. The lowest BCUT2D eigenvalue weighted by Crippen LogP contribution is -2.34. The Morgan fingerprint density at radius 1 is 0.929 bits per heavy atom. The molecule has 42 heavy (non-hydrogen) atoms. The number of aromatic nitrogens is 1. The van der Waals surface area contributed by atoms with Crippen molar-refractivity contribution in [2.75, 3.05) is 10.6 Å². The molecule has 3 atom stereocenters. The first-order valence-corrected chi connectivity index (χ1v) is 15.5. The Kier molecular flexibility index (Phi) is 9.64. The molecule has 0 spiro atoms. The van der Waals surface area contributed by atoms with Crippen molar-refractivity contribution in [3.8, 4) is 11.3 Å². The van der Waals surface area contributed by atoms with Gasteiger partial charge in [-0.05, 0) is 54.8 Å². The number of hydrogen-bond donors (Lipinski definition) is 3. The van der Waals surface area contributed by atoms with Crippen molar-refractivity contribution in [2.24, 2.45) is 11.8 Å². The lowest BCUT2D eigenvalue weighted by atomic mass is 9.82. The van der Waals surface area contributed by atoms with Crippen molar-refractivity contribution in [1.82, 2.24) is 4.98 Å². The molecule has 0 saturated carbocycles. The lowest BCUT2D eigenvalue weighted by molar-refractivity contribution is -0.146. The zero-order chi connectivity index (χ0) is 29.6. The van der Waals surface area contributed by atoms with Crippen LogP contribution in [-0.2, 0) is 14.4 Å². The number of nitrogens with zero attached hydrogens (tertiary/aromatic N) is 1. The average molecular weight is 639 g/mol. The Labute approximate surface area is 261 Å². The first-order chi connectivity index (χ1) is 20.3. The minimum atomic E-state index is -0.982. The van der Waals surface area contributed by atoms with Gasteiger partial charge in [0.05, 0.1) is 22.6 Å². The zero-order valence-electron chi connectivity index (χ0n) is 22.0. The average Bonchev–Trinajstić information content (AvgIpc) is 3.44. The van der Waals surface area contributed by atoms with Gasteiger partial charge < -0.3 is 15.7 Å². The normalized spacial score (nSPS) is 16.9. The Morgan fingerprint density at radius 3 is 2.43 bits per heavy atom. The van der Waals surface area contributed by atoms with Gasteiger partial charge in [0.15, 0.2) is 5.13 Å². The van der Waals surface area contributed by atoms with E-state index in [-0.39, 0.29) is 11.8 Å². The van der Waals surface area contributed by atoms with Crippen LogP contribution in [0.3, 0.4) is 0 Å². The number of hydrogen-bond acceptors (Lipinski definition) is 6. The van der Waals surface area contributed by atoms with Crippen molar-refractivity contribution in [2.45, 2.75) is 23.0 Å². The molecule has 0 bridgehead atoms. The third kappa shape index (κ3) is 7.22. The van der Waals surface area contributed by atoms with Crippen LogP contribution in [0.1, 0.15) is 23.7 Å². The van der Waals surface area contributed by atoms with Gasteiger partial charge in [-0.1, -0.05) is 71.8 Å². The van der Waals surface area contributed by atoms with E-state index in [0.717, 1.165) is 10.5 Å². The van der Waals surface area contributed by atoms with E-state index >= 15 is 0 Å². The summed E-state index contributed by atoms with van der Waals surface area (Å²) in [4.78, 5) is 43.6. The second-order valence-corrected chi connectivity index (χ2v) is 12.5. The molecular weight excluding hydrogens is 613 g/mol. The summed E-state index contributed by atoms with van der Waals surface area (Å²) >= 11 is 15.0. The summed E-state index contributed by atoms with van der Waals surface area (Å²) in [6.07, 6.45) is 4.34. The number of rotatable bonds is 9. The molecule has 0 fully saturated rings. The summed E-state index contributed by atoms with van der Waals surface area (Å²) < 4.78 is 0. The number of thioether (sulfide) groups is 1. The van der Waals surface area contributed by atoms with Gasteiger partial charge in [0, 0.05) is 26.5 Å². The van der Waals surface area contributed by atoms with Gasteiger partial charge in [0.2, 0.25) is 11.8 Å². The molecule has 1 aliphatic carbocycles. The Bertz CT molecular complexity index is 1640. The lowest BCUT2D eigenvalue weighted by Gasteiger charge is -2.24. The molecule has 11 heteroatoms. The van der Waals surface area contributed by atoms with E-state index in [0.29, 0.717) is 45.0 Å². The molecule has 0 radical (unpaired) electrons. The Morgan fingerprint density at radius 2 is 1.69 bits per heavy atom. The molecule has 0 aliphatic heterocycles. The minimum Gasteiger partial charge on any atom is -0.481 e. The second kappa shape index (κ2) is 13.6. The quantitative estimate of drug-likeness (QED) is 0.126. The van der Waals surface area contributed by atoms with E-state index in [1.165, 1.54) is 23.1 Å². The SMILES string of the molecule is O=C(Nc1nc(-c2ccc(Cl)cc2Cl)cs1)C(Sc1cccc(NC(=O)C2CC=CCC2C(=O)O)c1)c1ccccc1. The number of carbonyl (C=O) groups is 3. The van der Waals surface area contributed by atoms with Gasteiger partial charge in [0.1, 0.15) is 5.25 Å². The van der Waals surface area contributed by atoms with Crippen molar-refractivity contribution >= 4 is 74.9 Å². The third-order valence-corrected chi connectivity index (χ3v) is 9.28. The Hall–Kier alpha value is -3.63. The molecular formula is C31H25Cl2N3O4S2. The first kappa shape index (κ1) is 29.8. The Balaban J connectivity index is 1.33. The van der Waals surface area contributed by atoms with Crippen LogP contribution in [0, 0.1) is 11.8 Å². The maximum atomic E-state index is 13.6. The number of anilines is 2. The van der Waals surface area contributed by atoms with E-state index in [9.17, 15) is 19.5 Å². The number of thiazole rings is 1. The van der Waals surface area contributed by atoms with Crippen LogP contribution < -0.4 is 10.6 Å². The molecule has 3 N–H and O–H groups in total. The number of carbonyl (C=O) groups excluding carboxylic acids is 2. The van der Waals surface area contributed by atoms with E-state index in [2.05, 4.69) is 15.6 Å². The standard InChI is InChI=1S/C31H25Cl2N3O4S2/c32-19-13-14-24(25(33)15-19)26-17-41-31(35-26)36-29(38)27(18-7-2-1-3-8-18)42-21-10-6-9-20(16-21)34-28(37)22-11-4-5-12-23(22)30(39)40/h1-10,13-17,22-23,27H,11-12H2,(H,34,37)(H,39,40)(H,35,36,38). The number of aliphatic carboxylic acids is 1.